The summed E-state index contributed by atoms with van der Waals surface area (Å²) in [4.78, 5) is 25.9. The van der Waals surface area contributed by atoms with Crippen molar-refractivity contribution in [1.82, 2.24) is 4.90 Å². The quantitative estimate of drug-likeness (QED) is 0.605. The van der Waals surface area contributed by atoms with E-state index in [1.165, 1.54) is 12.5 Å². The first-order valence-corrected chi connectivity index (χ1v) is 9.28. The summed E-state index contributed by atoms with van der Waals surface area (Å²) >= 11 is 0. The number of amides is 1. The highest BCUT2D eigenvalue weighted by atomic mass is 16.5. The molecule has 1 saturated heterocycles. The second kappa shape index (κ2) is 8.71. The first-order chi connectivity index (χ1) is 13.1. The zero-order valence-corrected chi connectivity index (χ0v) is 15.8. The molecule has 0 N–H and O–H groups in total. The van der Waals surface area contributed by atoms with E-state index in [9.17, 15) is 9.59 Å². The number of methoxy groups -OCH3 is 1. The monoisotopic (exact) mass is 367 g/mol. The van der Waals surface area contributed by atoms with Crippen LogP contribution in [-0.4, -0.2) is 37.0 Å². The summed E-state index contributed by atoms with van der Waals surface area (Å²) in [5, 5.41) is 0. The lowest BCUT2D eigenvalue weighted by Gasteiger charge is -2.25. The normalized spacial score (nSPS) is 17.1. The van der Waals surface area contributed by atoms with Gasteiger partial charge in [-0.2, -0.15) is 0 Å². The molecule has 27 heavy (non-hydrogen) atoms. The van der Waals surface area contributed by atoms with Crippen LogP contribution >= 0.6 is 0 Å². The molecule has 3 rings (SSSR count). The Bertz CT molecular complexity index is 783. The molecule has 1 fully saturated rings. The topological polar surface area (TPSA) is 55.8 Å². The number of ether oxygens (including phenoxy) is 2. The van der Waals surface area contributed by atoms with Crippen LogP contribution in [0.3, 0.4) is 0 Å². The van der Waals surface area contributed by atoms with Gasteiger partial charge in [0.25, 0.3) is 5.91 Å². The van der Waals surface area contributed by atoms with Crippen LogP contribution in [0.5, 0.6) is 11.5 Å². The molecule has 0 radical (unpaired) electrons. The number of likely N-dealkylation sites (tertiary alicyclic amines) is 1. The predicted octanol–water partition coefficient (Wildman–Crippen LogP) is 4.03. The standard InChI is InChI=1S/C22H25NO4/c1-16(24)27-21-12-8-18(9-13-21)22(25)23-14-4-3-5-19(15-23)17-6-10-20(26-2)11-7-17/h6-13,19H,3-5,14-15H2,1-2H3. The Balaban J connectivity index is 1.72. The summed E-state index contributed by atoms with van der Waals surface area (Å²) in [6.45, 7) is 2.82. The second-order valence-electron chi connectivity index (χ2n) is 6.84. The molecule has 1 atom stereocenters. The van der Waals surface area contributed by atoms with Gasteiger partial charge in [0.05, 0.1) is 7.11 Å². The van der Waals surface area contributed by atoms with Crippen molar-refractivity contribution in [2.45, 2.75) is 32.1 Å². The van der Waals surface area contributed by atoms with Crippen LogP contribution in [0.25, 0.3) is 0 Å². The van der Waals surface area contributed by atoms with E-state index in [2.05, 4.69) is 12.1 Å². The Morgan fingerprint density at radius 1 is 0.963 bits per heavy atom. The van der Waals surface area contributed by atoms with Crippen molar-refractivity contribution < 1.29 is 19.1 Å². The van der Waals surface area contributed by atoms with E-state index in [0.717, 1.165) is 31.6 Å². The number of carbonyl (C=O) groups is 2. The molecule has 5 nitrogen and oxygen atoms in total. The lowest BCUT2D eigenvalue weighted by atomic mass is 9.94. The van der Waals surface area contributed by atoms with Crippen molar-refractivity contribution in [2.75, 3.05) is 20.2 Å². The average Bonchev–Trinajstić information content (AvgIpc) is 2.94. The Morgan fingerprint density at radius 3 is 2.26 bits per heavy atom. The molecule has 0 aliphatic carbocycles. The van der Waals surface area contributed by atoms with Crippen LogP contribution in [0.2, 0.25) is 0 Å². The minimum Gasteiger partial charge on any atom is -0.497 e. The Morgan fingerprint density at radius 2 is 1.63 bits per heavy atom. The molecule has 5 heteroatoms. The van der Waals surface area contributed by atoms with Gasteiger partial charge in [0.1, 0.15) is 11.5 Å². The molecule has 1 amide bonds. The fraction of sp³-hybridized carbons (Fsp3) is 0.364. The van der Waals surface area contributed by atoms with Crippen molar-refractivity contribution in [2.24, 2.45) is 0 Å². The van der Waals surface area contributed by atoms with Crippen LogP contribution in [-0.2, 0) is 4.79 Å². The molecular formula is C22H25NO4. The van der Waals surface area contributed by atoms with Gasteiger partial charge in [0.15, 0.2) is 0 Å². The maximum Gasteiger partial charge on any atom is 0.308 e. The van der Waals surface area contributed by atoms with E-state index in [4.69, 9.17) is 9.47 Å². The fourth-order valence-corrected chi connectivity index (χ4v) is 3.49. The van der Waals surface area contributed by atoms with Crippen LogP contribution < -0.4 is 9.47 Å². The Labute approximate surface area is 159 Å². The SMILES string of the molecule is COc1ccc(C2CCCCN(C(=O)c3ccc(OC(C)=O)cc3)C2)cc1. The Hall–Kier alpha value is -2.82. The summed E-state index contributed by atoms with van der Waals surface area (Å²) in [6.07, 6.45) is 3.18. The molecule has 2 aromatic carbocycles. The van der Waals surface area contributed by atoms with Crippen molar-refractivity contribution >= 4 is 11.9 Å². The summed E-state index contributed by atoms with van der Waals surface area (Å²) in [5.41, 5.74) is 1.85. The number of esters is 1. The van der Waals surface area contributed by atoms with Crippen molar-refractivity contribution in [1.29, 1.82) is 0 Å². The van der Waals surface area contributed by atoms with Crippen LogP contribution in [0, 0.1) is 0 Å². The summed E-state index contributed by atoms with van der Waals surface area (Å²) in [7, 11) is 1.66. The maximum atomic E-state index is 13.0. The lowest BCUT2D eigenvalue weighted by molar-refractivity contribution is -0.131. The third-order valence-corrected chi connectivity index (χ3v) is 4.91. The van der Waals surface area contributed by atoms with Crippen LogP contribution in [0.15, 0.2) is 48.5 Å². The minimum atomic E-state index is -0.371. The highest BCUT2D eigenvalue weighted by Crippen LogP contribution is 2.28. The van der Waals surface area contributed by atoms with Crippen molar-refractivity contribution in [3.8, 4) is 11.5 Å². The summed E-state index contributed by atoms with van der Waals surface area (Å²) in [6, 6.07) is 14.9. The van der Waals surface area contributed by atoms with E-state index in [-0.39, 0.29) is 11.9 Å². The van der Waals surface area contributed by atoms with Gasteiger partial charge < -0.3 is 14.4 Å². The third-order valence-electron chi connectivity index (χ3n) is 4.91. The smallest absolute Gasteiger partial charge is 0.308 e. The van der Waals surface area contributed by atoms with Crippen LogP contribution in [0.4, 0.5) is 0 Å². The zero-order valence-electron chi connectivity index (χ0n) is 15.8. The van der Waals surface area contributed by atoms with Gasteiger partial charge in [-0.15, -0.1) is 0 Å². The number of hydrogen-bond acceptors (Lipinski definition) is 4. The predicted molar refractivity (Wildman–Crippen MR) is 103 cm³/mol. The molecule has 0 spiro atoms. The molecule has 1 heterocycles. The summed E-state index contributed by atoms with van der Waals surface area (Å²) < 4.78 is 10.3. The molecule has 142 valence electrons. The zero-order chi connectivity index (χ0) is 19.2. The minimum absolute atomic E-state index is 0.0183. The largest absolute Gasteiger partial charge is 0.497 e. The molecule has 1 aliphatic rings. The first-order valence-electron chi connectivity index (χ1n) is 9.28. The highest BCUT2D eigenvalue weighted by molar-refractivity contribution is 5.94. The number of carbonyl (C=O) groups excluding carboxylic acids is 2. The molecule has 0 bridgehead atoms. The van der Waals surface area contributed by atoms with Gasteiger partial charge in [0.2, 0.25) is 0 Å². The average molecular weight is 367 g/mol. The molecule has 0 aromatic heterocycles. The van der Waals surface area contributed by atoms with E-state index >= 15 is 0 Å². The van der Waals surface area contributed by atoms with Gasteiger partial charge in [-0.25, -0.2) is 0 Å². The Kier molecular flexibility index (Phi) is 6.12. The molecule has 2 aromatic rings. The fourth-order valence-electron chi connectivity index (χ4n) is 3.49. The van der Waals surface area contributed by atoms with Crippen LogP contribution in [0.1, 0.15) is 48.0 Å². The van der Waals surface area contributed by atoms with Gasteiger partial charge in [0, 0.05) is 31.5 Å². The highest BCUT2D eigenvalue weighted by Gasteiger charge is 2.24. The number of hydrogen-bond donors (Lipinski definition) is 0. The van der Waals surface area contributed by atoms with Crippen molar-refractivity contribution in [3.05, 3.63) is 59.7 Å². The lowest BCUT2D eigenvalue weighted by Crippen LogP contribution is -2.34. The van der Waals surface area contributed by atoms with E-state index < -0.39 is 0 Å². The van der Waals surface area contributed by atoms with E-state index in [0.29, 0.717) is 23.8 Å². The van der Waals surface area contributed by atoms with Gasteiger partial charge in [-0.05, 0) is 54.8 Å². The van der Waals surface area contributed by atoms with Gasteiger partial charge in [-0.1, -0.05) is 18.6 Å². The van der Waals surface area contributed by atoms with Gasteiger partial charge in [-0.3, -0.25) is 9.59 Å². The van der Waals surface area contributed by atoms with Gasteiger partial charge >= 0.3 is 5.97 Å². The number of benzene rings is 2. The molecule has 1 aliphatic heterocycles. The third kappa shape index (κ3) is 4.88. The van der Waals surface area contributed by atoms with E-state index in [1.54, 1.807) is 31.4 Å². The molecular weight excluding hydrogens is 342 g/mol. The maximum absolute atomic E-state index is 13.0. The van der Waals surface area contributed by atoms with E-state index in [1.807, 2.05) is 17.0 Å². The number of rotatable bonds is 4. The number of nitrogens with zero attached hydrogens (tertiary/aromatic N) is 1. The molecule has 0 saturated carbocycles. The molecule has 1 unspecified atom stereocenters. The summed E-state index contributed by atoms with van der Waals surface area (Å²) in [5.74, 6) is 1.26. The first kappa shape index (κ1) is 19.0. The second-order valence-corrected chi connectivity index (χ2v) is 6.84. The van der Waals surface area contributed by atoms with Crippen molar-refractivity contribution in [3.63, 3.8) is 0 Å².